The molecular weight excluding hydrogens is 232 g/mol. The van der Waals surface area contributed by atoms with Gasteiger partial charge in [0.05, 0.1) is 5.56 Å². The van der Waals surface area contributed by atoms with Crippen LogP contribution in [-0.4, -0.2) is 14.7 Å². The molecule has 1 aromatic heterocycles. The average molecular weight is 254 g/mol. The molecule has 18 heavy (non-hydrogen) atoms. The maximum absolute atomic E-state index is 11.5. The van der Waals surface area contributed by atoms with E-state index in [-0.39, 0.29) is 11.4 Å². The number of rotatable bonds is 7. The number of unbranched alkanes of at least 4 members (excludes halogenated alkanes) is 5. The third-order valence-electron chi connectivity index (χ3n) is 3.13. The number of nitrogens with zero attached hydrogens (tertiary/aromatic N) is 1. The summed E-state index contributed by atoms with van der Waals surface area (Å²) in [5.41, 5.74) is -0.853. The number of aromatic hydroxyl groups is 1. The van der Waals surface area contributed by atoms with Crippen LogP contribution < -0.4 is 11.2 Å². The maximum Gasteiger partial charge on any atom is 0.331 e. The van der Waals surface area contributed by atoms with Gasteiger partial charge in [0.1, 0.15) is 0 Å². The van der Waals surface area contributed by atoms with Gasteiger partial charge in [-0.15, -0.1) is 0 Å². The maximum atomic E-state index is 11.5. The summed E-state index contributed by atoms with van der Waals surface area (Å²) in [6.45, 7) is 4.13. The molecule has 0 fully saturated rings. The lowest BCUT2D eigenvalue weighted by molar-refractivity contribution is 0.388. The van der Waals surface area contributed by atoms with E-state index in [1.165, 1.54) is 30.8 Å². The van der Waals surface area contributed by atoms with Crippen LogP contribution in [0.4, 0.5) is 0 Å². The zero-order chi connectivity index (χ0) is 13.5. The minimum Gasteiger partial charge on any atom is -0.494 e. The van der Waals surface area contributed by atoms with E-state index >= 15 is 0 Å². The molecule has 0 spiro atoms. The van der Waals surface area contributed by atoms with Crippen molar-refractivity contribution in [3.8, 4) is 5.88 Å². The van der Waals surface area contributed by atoms with Gasteiger partial charge in [-0.3, -0.25) is 14.3 Å². The van der Waals surface area contributed by atoms with E-state index in [9.17, 15) is 14.7 Å². The van der Waals surface area contributed by atoms with E-state index < -0.39 is 11.2 Å². The Morgan fingerprint density at radius 1 is 1.11 bits per heavy atom. The van der Waals surface area contributed by atoms with Gasteiger partial charge in [-0.25, -0.2) is 4.79 Å². The fourth-order valence-electron chi connectivity index (χ4n) is 1.92. The van der Waals surface area contributed by atoms with Crippen molar-refractivity contribution in [3.63, 3.8) is 0 Å². The molecule has 1 rings (SSSR count). The van der Waals surface area contributed by atoms with Gasteiger partial charge in [0.2, 0.25) is 5.88 Å². The zero-order valence-electron chi connectivity index (χ0n) is 11.2. The van der Waals surface area contributed by atoms with E-state index in [1.54, 1.807) is 0 Å². The van der Waals surface area contributed by atoms with Crippen molar-refractivity contribution in [2.24, 2.45) is 0 Å². The van der Waals surface area contributed by atoms with Crippen LogP contribution in [0.5, 0.6) is 5.88 Å². The van der Waals surface area contributed by atoms with Crippen molar-refractivity contribution >= 4 is 0 Å². The highest BCUT2D eigenvalue weighted by Gasteiger charge is 2.09. The number of hydrogen-bond acceptors (Lipinski definition) is 3. The molecule has 0 aliphatic carbocycles. The molecule has 0 radical (unpaired) electrons. The fraction of sp³-hybridized carbons (Fsp3) is 0.692. The zero-order valence-corrected chi connectivity index (χ0v) is 11.2. The van der Waals surface area contributed by atoms with Crippen molar-refractivity contribution in [1.82, 2.24) is 9.55 Å². The summed E-state index contributed by atoms with van der Waals surface area (Å²) in [7, 11) is 0. The summed E-state index contributed by atoms with van der Waals surface area (Å²) in [5, 5.41) is 9.74. The minimum atomic E-state index is -0.531. The van der Waals surface area contributed by atoms with Crippen molar-refractivity contribution in [3.05, 3.63) is 26.4 Å². The van der Waals surface area contributed by atoms with Crippen molar-refractivity contribution in [2.75, 3.05) is 0 Å². The Morgan fingerprint density at radius 2 is 1.72 bits per heavy atom. The lowest BCUT2D eigenvalue weighted by Gasteiger charge is -2.09. The summed E-state index contributed by atoms with van der Waals surface area (Å²) in [5.74, 6) is -0.211. The highest BCUT2D eigenvalue weighted by molar-refractivity contribution is 5.20. The first-order chi connectivity index (χ1) is 8.57. The predicted octanol–water partition coefficient (Wildman–Crippen LogP) is 1.91. The largest absolute Gasteiger partial charge is 0.494 e. The van der Waals surface area contributed by atoms with E-state index in [4.69, 9.17) is 0 Å². The molecule has 1 aromatic rings. The van der Waals surface area contributed by atoms with Gasteiger partial charge in [0, 0.05) is 6.54 Å². The molecule has 0 atom stereocenters. The van der Waals surface area contributed by atoms with Crippen molar-refractivity contribution in [2.45, 2.75) is 58.9 Å². The molecule has 0 saturated heterocycles. The second-order valence-electron chi connectivity index (χ2n) is 4.63. The fourth-order valence-corrected chi connectivity index (χ4v) is 1.92. The Kier molecular flexibility index (Phi) is 5.68. The normalized spacial score (nSPS) is 10.8. The first kappa shape index (κ1) is 14.5. The average Bonchev–Trinajstić information content (AvgIpc) is 2.34. The number of H-pyrrole nitrogens is 1. The summed E-state index contributed by atoms with van der Waals surface area (Å²) in [6.07, 6.45) is 6.67. The smallest absolute Gasteiger partial charge is 0.331 e. The van der Waals surface area contributed by atoms with Gasteiger partial charge >= 0.3 is 5.69 Å². The number of hydrogen-bond donors (Lipinski definition) is 2. The van der Waals surface area contributed by atoms with Crippen LogP contribution in [0.3, 0.4) is 0 Å². The number of aromatic nitrogens is 2. The molecule has 0 aliphatic rings. The SMILES string of the molecule is CCCCCCCCn1c(O)c(C)c(=O)[nH]c1=O. The van der Waals surface area contributed by atoms with Gasteiger partial charge in [-0.2, -0.15) is 0 Å². The molecule has 0 bridgehead atoms. The Morgan fingerprint density at radius 3 is 2.39 bits per heavy atom. The highest BCUT2D eigenvalue weighted by Crippen LogP contribution is 2.11. The molecule has 1 heterocycles. The van der Waals surface area contributed by atoms with Gasteiger partial charge in [-0.1, -0.05) is 39.0 Å². The van der Waals surface area contributed by atoms with Gasteiger partial charge < -0.3 is 5.11 Å². The Balaban J connectivity index is 2.55. The lowest BCUT2D eigenvalue weighted by atomic mass is 10.1. The van der Waals surface area contributed by atoms with Crippen LogP contribution in [0.2, 0.25) is 0 Å². The molecule has 0 aliphatic heterocycles. The van der Waals surface area contributed by atoms with Crippen LogP contribution in [0.1, 0.15) is 51.0 Å². The molecule has 2 N–H and O–H groups in total. The first-order valence-corrected chi connectivity index (χ1v) is 6.60. The van der Waals surface area contributed by atoms with Crippen LogP contribution in [0.25, 0.3) is 0 Å². The second kappa shape index (κ2) is 7.03. The third kappa shape index (κ3) is 3.75. The van der Waals surface area contributed by atoms with Crippen LogP contribution in [0, 0.1) is 6.92 Å². The first-order valence-electron chi connectivity index (χ1n) is 6.60. The van der Waals surface area contributed by atoms with Crippen LogP contribution in [0.15, 0.2) is 9.59 Å². The molecule has 0 unspecified atom stereocenters. The number of nitrogens with one attached hydrogen (secondary N) is 1. The van der Waals surface area contributed by atoms with E-state index in [0.717, 1.165) is 19.3 Å². The third-order valence-corrected chi connectivity index (χ3v) is 3.13. The van der Waals surface area contributed by atoms with Crippen LogP contribution >= 0.6 is 0 Å². The molecule has 5 nitrogen and oxygen atoms in total. The van der Waals surface area contributed by atoms with Crippen molar-refractivity contribution < 1.29 is 5.11 Å². The highest BCUT2D eigenvalue weighted by atomic mass is 16.3. The predicted molar refractivity (Wildman–Crippen MR) is 71.1 cm³/mol. The van der Waals surface area contributed by atoms with E-state index in [1.807, 2.05) is 0 Å². The quantitative estimate of drug-likeness (QED) is 0.730. The molecule has 0 amide bonds. The summed E-state index contributed by atoms with van der Waals surface area (Å²) < 4.78 is 1.23. The molecule has 0 saturated carbocycles. The van der Waals surface area contributed by atoms with E-state index in [2.05, 4.69) is 11.9 Å². The summed E-state index contributed by atoms with van der Waals surface area (Å²) in [6, 6.07) is 0. The van der Waals surface area contributed by atoms with Gasteiger partial charge in [0.15, 0.2) is 0 Å². The minimum absolute atomic E-state index is 0.195. The standard InChI is InChI=1S/C13H22N2O3/c1-3-4-5-6-7-8-9-15-12(17)10(2)11(16)14-13(15)18/h17H,3-9H2,1-2H3,(H,14,16,18). The molecular formula is C13H22N2O3. The number of aromatic amines is 1. The topological polar surface area (TPSA) is 75.1 Å². The summed E-state index contributed by atoms with van der Waals surface area (Å²) in [4.78, 5) is 25.0. The van der Waals surface area contributed by atoms with Gasteiger partial charge in [-0.05, 0) is 13.3 Å². The van der Waals surface area contributed by atoms with Crippen LogP contribution in [-0.2, 0) is 6.54 Å². The Hall–Kier alpha value is -1.52. The van der Waals surface area contributed by atoms with Gasteiger partial charge in [0.25, 0.3) is 5.56 Å². The van der Waals surface area contributed by atoms with E-state index in [0.29, 0.717) is 6.54 Å². The second-order valence-corrected chi connectivity index (χ2v) is 4.63. The summed E-state index contributed by atoms with van der Waals surface area (Å²) >= 11 is 0. The molecule has 5 heteroatoms. The Labute approximate surface area is 106 Å². The lowest BCUT2D eigenvalue weighted by Crippen LogP contribution is -2.31. The van der Waals surface area contributed by atoms with Crippen molar-refractivity contribution in [1.29, 1.82) is 0 Å². The molecule has 0 aromatic carbocycles. The monoisotopic (exact) mass is 254 g/mol. The Bertz CT molecular complexity index is 488. The molecule has 102 valence electrons.